The molecular formula is C24H15Cl2N3O2S. The van der Waals surface area contributed by atoms with Gasteiger partial charge in [-0.2, -0.15) is 5.26 Å². The number of halogens is 2. The number of amides is 1. The van der Waals surface area contributed by atoms with Crippen molar-refractivity contribution in [3.8, 4) is 17.3 Å². The number of furan rings is 1. The van der Waals surface area contributed by atoms with Crippen molar-refractivity contribution in [2.75, 3.05) is 5.32 Å². The van der Waals surface area contributed by atoms with Gasteiger partial charge in [0, 0.05) is 15.6 Å². The Morgan fingerprint density at radius 3 is 2.62 bits per heavy atom. The van der Waals surface area contributed by atoms with Gasteiger partial charge < -0.3 is 9.73 Å². The van der Waals surface area contributed by atoms with Gasteiger partial charge in [0.2, 0.25) is 0 Å². The van der Waals surface area contributed by atoms with Crippen LogP contribution in [0.2, 0.25) is 10.0 Å². The van der Waals surface area contributed by atoms with E-state index < -0.39 is 5.91 Å². The molecule has 2 heterocycles. The van der Waals surface area contributed by atoms with Crippen molar-refractivity contribution in [3.63, 3.8) is 0 Å². The molecule has 8 heteroatoms. The van der Waals surface area contributed by atoms with Crippen molar-refractivity contribution in [1.82, 2.24) is 4.98 Å². The molecule has 4 rings (SSSR count). The van der Waals surface area contributed by atoms with Gasteiger partial charge in [-0.1, -0.05) is 70.4 Å². The molecule has 0 aliphatic rings. The number of nitrogens with one attached hydrogen (secondary N) is 1. The molecule has 0 aliphatic heterocycles. The van der Waals surface area contributed by atoms with Crippen LogP contribution >= 0.6 is 34.5 Å². The minimum absolute atomic E-state index is 0.179. The lowest BCUT2D eigenvalue weighted by atomic mass is 10.1. The summed E-state index contributed by atoms with van der Waals surface area (Å²) >= 11 is 13.4. The predicted octanol–water partition coefficient (Wildman–Crippen LogP) is 7.33. The molecular weight excluding hydrogens is 465 g/mol. The topological polar surface area (TPSA) is 78.9 Å². The summed E-state index contributed by atoms with van der Waals surface area (Å²) in [7, 11) is 0. The first-order valence-electron chi connectivity index (χ1n) is 9.44. The number of nitriles is 1. The molecule has 0 atom stereocenters. The molecule has 5 nitrogen and oxygen atoms in total. The van der Waals surface area contributed by atoms with Crippen molar-refractivity contribution in [2.45, 2.75) is 6.92 Å². The van der Waals surface area contributed by atoms with Crippen molar-refractivity contribution in [1.29, 1.82) is 5.26 Å². The van der Waals surface area contributed by atoms with Crippen molar-refractivity contribution in [3.05, 3.63) is 92.8 Å². The van der Waals surface area contributed by atoms with Gasteiger partial charge in [-0.3, -0.25) is 4.79 Å². The van der Waals surface area contributed by atoms with Gasteiger partial charge in [0.25, 0.3) is 5.91 Å². The van der Waals surface area contributed by atoms with Crippen LogP contribution in [-0.4, -0.2) is 10.9 Å². The maximum Gasteiger partial charge on any atom is 0.292 e. The van der Waals surface area contributed by atoms with E-state index in [1.807, 2.05) is 31.2 Å². The van der Waals surface area contributed by atoms with Gasteiger partial charge in [0.05, 0.1) is 11.8 Å². The Kier molecular flexibility index (Phi) is 6.42. The maximum atomic E-state index is 12.6. The van der Waals surface area contributed by atoms with Crippen molar-refractivity contribution in [2.24, 2.45) is 0 Å². The van der Waals surface area contributed by atoms with Gasteiger partial charge in [-0.15, -0.1) is 0 Å². The number of anilines is 1. The number of carbonyl (C=O) groups excluding carboxylic acids is 1. The highest BCUT2D eigenvalue weighted by Crippen LogP contribution is 2.37. The van der Waals surface area contributed by atoms with E-state index in [9.17, 15) is 10.1 Å². The van der Waals surface area contributed by atoms with Crippen LogP contribution in [0.15, 0.2) is 65.3 Å². The van der Waals surface area contributed by atoms with Crippen LogP contribution in [0.3, 0.4) is 0 Å². The van der Waals surface area contributed by atoms with Crippen LogP contribution in [0.4, 0.5) is 5.00 Å². The summed E-state index contributed by atoms with van der Waals surface area (Å²) in [6, 6.07) is 18.2. The summed E-state index contributed by atoms with van der Waals surface area (Å²) in [6.07, 6.45) is 3.08. The van der Waals surface area contributed by atoms with E-state index in [1.165, 1.54) is 17.6 Å². The standard InChI is InChI=1S/C24H15Cl2N3O2S/c1-14-4-6-15(7-5-14)21-24(29-22(30)20-3-2-10-31-20)32-23(28-21)17(13-27)11-16-8-9-18(25)12-19(16)26/h2-12H,1H3,(H,29,30). The van der Waals surface area contributed by atoms with E-state index in [1.54, 1.807) is 36.4 Å². The summed E-state index contributed by atoms with van der Waals surface area (Å²) in [6.45, 7) is 1.99. The monoisotopic (exact) mass is 479 g/mol. The zero-order valence-corrected chi connectivity index (χ0v) is 19.1. The molecule has 2 aromatic carbocycles. The molecule has 0 fully saturated rings. The van der Waals surface area contributed by atoms with E-state index in [0.29, 0.717) is 36.9 Å². The number of thiazole rings is 1. The molecule has 0 saturated heterocycles. The zero-order chi connectivity index (χ0) is 22.7. The van der Waals surface area contributed by atoms with Crippen LogP contribution in [0.25, 0.3) is 22.9 Å². The Morgan fingerprint density at radius 1 is 1.19 bits per heavy atom. The lowest BCUT2D eigenvalue weighted by Gasteiger charge is -2.04. The first-order valence-corrected chi connectivity index (χ1v) is 11.0. The number of rotatable bonds is 5. The third-order valence-electron chi connectivity index (χ3n) is 4.54. The molecule has 158 valence electrons. The minimum atomic E-state index is -0.401. The second kappa shape index (κ2) is 9.41. The number of hydrogen-bond donors (Lipinski definition) is 1. The van der Waals surface area contributed by atoms with Gasteiger partial charge in [-0.05, 0) is 42.8 Å². The average Bonchev–Trinajstić information content (AvgIpc) is 3.44. The van der Waals surface area contributed by atoms with E-state index in [-0.39, 0.29) is 5.76 Å². The molecule has 2 aromatic heterocycles. The van der Waals surface area contributed by atoms with Gasteiger partial charge in [0.1, 0.15) is 21.8 Å². The number of hydrogen-bond acceptors (Lipinski definition) is 5. The quantitative estimate of drug-likeness (QED) is 0.303. The Bertz CT molecular complexity index is 1350. The fraction of sp³-hybridized carbons (Fsp3) is 0.0417. The maximum absolute atomic E-state index is 12.6. The third kappa shape index (κ3) is 4.76. The lowest BCUT2D eigenvalue weighted by Crippen LogP contribution is -2.10. The molecule has 0 bridgehead atoms. The van der Waals surface area contributed by atoms with Gasteiger partial charge in [-0.25, -0.2) is 4.98 Å². The fourth-order valence-electron chi connectivity index (χ4n) is 2.92. The van der Waals surface area contributed by atoms with Crippen LogP contribution < -0.4 is 5.32 Å². The number of aromatic nitrogens is 1. The molecule has 0 aliphatic carbocycles. The Balaban J connectivity index is 1.78. The van der Waals surface area contributed by atoms with Crippen LogP contribution in [-0.2, 0) is 0 Å². The van der Waals surface area contributed by atoms with Crippen LogP contribution in [0, 0.1) is 18.3 Å². The van der Waals surface area contributed by atoms with E-state index in [2.05, 4.69) is 16.4 Å². The lowest BCUT2D eigenvalue weighted by molar-refractivity contribution is 0.0997. The summed E-state index contributed by atoms with van der Waals surface area (Å²) in [5.74, 6) is -0.222. The summed E-state index contributed by atoms with van der Waals surface area (Å²) < 4.78 is 5.19. The zero-order valence-electron chi connectivity index (χ0n) is 16.7. The number of allylic oxidation sites excluding steroid dienone is 1. The SMILES string of the molecule is Cc1ccc(-c2nc(C(C#N)=Cc3ccc(Cl)cc3Cl)sc2NC(=O)c2ccco2)cc1. The number of aryl methyl sites for hydroxylation is 1. The number of carbonyl (C=O) groups is 1. The Morgan fingerprint density at radius 2 is 1.97 bits per heavy atom. The van der Waals surface area contributed by atoms with Gasteiger partial charge >= 0.3 is 0 Å². The minimum Gasteiger partial charge on any atom is -0.459 e. The first-order chi connectivity index (χ1) is 15.4. The third-order valence-corrected chi connectivity index (χ3v) is 6.10. The second-order valence-corrected chi connectivity index (χ2v) is 8.67. The molecule has 32 heavy (non-hydrogen) atoms. The van der Waals surface area contributed by atoms with Crippen molar-refractivity contribution < 1.29 is 9.21 Å². The molecule has 1 amide bonds. The van der Waals surface area contributed by atoms with E-state index in [0.717, 1.165) is 11.1 Å². The Labute approximate surface area is 198 Å². The Hall–Kier alpha value is -3.37. The highest BCUT2D eigenvalue weighted by atomic mass is 35.5. The average molecular weight is 480 g/mol. The summed E-state index contributed by atoms with van der Waals surface area (Å²) in [5, 5.41) is 14.5. The smallest absolute Gasteiger partial charge is 0.292 e. The molecule has 1 N–H and O–H groups in total. The molecule has 0 unspecified atom stereocenters. The molecule has 4 aromatic rings. The van der Waals surface area contributed by atoms with Crippen LogP contribution in [0.5, 0.6) is 0 Å². The predicted molar refractivity (Wildman–Crippen MR) is 129 cm³/mol. The first kappa shape index (κ1) is 21.8. The number of benzene rings is 2. The van der Waals surface area contributed by atoms with E-state index in [4.69, 9.17) is 27.6 Å². The summed E-state index contributed by atoms with van der Waals surface area (Å²) in [4.78, 5) is 17.3. The molecule has 0 saturated carbocycles. The van der Waals surface area contributed by atoms with Gasteiger partial charge in [0.15, 0.2) is 5.76 Å². The molecule has 0 spiro atoms. The highest BCUT2D eigenvalue weighted by Gasteiger charge is 2.20. The fourth-order valence-corrected chi connectivity index (χ4v) is 4.33. The van der Waals surface area contributed by atoms with Crippen LogP contribution in [0.1, 0.15) is 26.7 Å². The number of nitrogens with zero attached hydrogens (tertiary/aromatic N) is 2. The van der Waals surface area contributed by atoms with Crippen molar-refractivity contribution >= 4 is 57.1 Å². The summed E-state index contributed by atoms with van der Waals surface area (Å²) in [5.41, 5.74) is 3.43. The molecule has 0 radical (unpaired) electrons. The highest BCUT2D eigenvalue weighted by molar-refractivity contribution is 7.17. The second-order valence-electron chi connectivity index (χ2n) is 6.83. The van der Waals surface area contributed by atoms with E-state index >= 15 is 0 Å². The largest absolute Gasteiger partial charge is 0.459 e. The normalized spacial score (nSPS) is 11.2.